The number of anilines is 1. The summed E-state index contributed by atoms with van der Waals surface area (Å²) in [4.78, 5) is 0. The second kappa shape index (κ2) is 7.19. The maximum absolute atomic E-state index is 8.62. The molecule has 5 nitrogen and oxygen atoms in total. The minimum absolute atomic E-state index is 0.110. The van der Waals surface area contributed by atoms with Crippen LogP contribution in [0.4, 0.5) is 5.69 Å². The van der Waals surface area contributed by atoms with Gasteiger partial charge in [-0.1, -0.05) is 35.5 Å². The normalized spacial score (nSPS) is 11.2. The number of nitrogens with two attached hydrogens (primary N) is 1. The second-order valence-corrected chi connectivity index (χ2v) is 4.50. The molecule has 0 aliphatic heterocycles. The minimum atomic E-state index is 0.110. The molecule has 0 saturated carbocycles. The number of nitrogens with zero attached hydrogens (tertiary/aromatic N) is 1. The van der Waals surface area contributed by atoms with Crippen molar-refractivity contribution in [3.05, 3.63) is 59.7 Å². The van der Waals surface area contributed by atoms with Gasteiger partial charge in [-0.15, -0.1) is 0 Å². The molecule has 0 unspecified atom stereocenters. The zero-order valence-electron chi connectivity index (χ0n) is 11.9. The molecule has 0 heterocycles. The Morgan fingerprint density at radius 3 is 2.67 bits per heavy atom. The number of amidine groups is 1. The molecule has 110 valence electrons. The first-order valence-corrected chi connectivity index (χ1v) is 6.76. The maximum Gasteiger partial charge on any atom is 0.170 e. The number of benzene rings is 2. The molecule has 2 rings (SSSR count). The van der Waals surface area contributed by atoms with Gasteiger partial charge in [0.2, 0.25) is 0 Å². The number of oxime groups is 1. The first kappa shape index (κ1) is 14.7. The fourth-order valence-electron chi connectivity index (χ4n) is 1.92. The molecule has 0 saturated heterocycles. The van der Waals surface area contributed by atoms with Crippen LogP contribution in [0.1, 0.15) is 18.1 Å². The van der Waals surface area contributed by atoms with E-state index < -0.39 is 0 Å². The minimum Gasteiger partial charge on any atom is -0.494 e. The van der Waals surface area contributed by atoms with E-state index in [1.165, 1.54) is 0 Å². The van der Waals surface area contributed by atoms with Crippen molar-refractivity contribution in [2.75, 3.05) is 11.9 Å². The number of nitrogens with one attached hydrogen (secondary N) is 1. The van der Waals surface area contributed by atoms with Crippen LogP contribution >= 0.6 is 0 Å². The molecule has 2 aromatic carbocycles. The van der Waals surface area contributed by atoms with E-state index in [9.17, 15) is 0 Å². The zero-order valence-corrected chi connectivity index (χ0v) is 11.9. The van der Waals surface area contributed by atoms with Gasteiger partial charge >= 0.3 is 0 Å². The molecular formula is C16H19N3O2. The third-order valence-corrected chi connectivity index (χ3v) is 3.00. The van der Waals surface area contributed by atoms with Crippen LogP contribution in [0.25, 0.3) is 0 Å². The summed E-state index contributed by atoms with van der Waals surface area (Å²) in [5, 5.41) is 14.9. The van der Waals surface area contributed by atoms with E-state index in [0.717, 1.165) is 17.0 Å². The van der Waals surface area contributed by atoms with Crippen LogP contribution < -0.4 is 15.8 Å². The van der Waals surface area contributed by atoms with Crippen molar-refractivity contribution in [2.45, 2.75) is 13.5 Å². The molecular weight excluding hydrogens is 266 g/mol. The summed E-state index contributed by atoms with van der Waals surface area (Å²) in [6, 6.07) is 15.4. The Labute approximate surface area is 124 Å². The Hall–Kier alpha value is -2.69. The third-order valence-electron chi connectivity index (χ3n) is 3.00. The molecule has 0 aliphatic carbocycles. The van der Waals surface area contributed by atoms with Gasteiger partial charge < -0.3 is 21.0 Å². The van der Waals surface area contributed by atoms with E-state index in [-0.39, 0.29) is 5.84 Å². The van der Waals surface area contributed by atoms with Crippen LogP contribution in [-0.4, -0.2) is 17.6 Å². The SMILES string of the molecule is CCOc1cccc(NCc2ccc(C(N)=NO)cc2)c1. The molecule has 0 amide bonds. The van der Waals surface area contributed by atoms with E-state index in [0.29, 0.717) is 18.7 Å². The lowest BCUT2D eigenvalue weighted by Crippen LogP contribution is -2.13. The topological polar surface area (TPSA) is 79.9 Å². The van der Waals surface area contributed by atoms with E-state index >= 15 is 0 Å². The van der Waals surface area contributed by atoms with Crippen molar-refractivity contribution in [3.63, 3.8) is 0 Å². The zero-order chi connectivity index (χ0) is 15.1. The fraction of sp³-hybridized carbons (Fsp3) is 0.188. The highest BCUT2D eigenvalue weighted by molar-refractivity contribution is 5.96. The van der Waals surface area contributed by atoms with Crippen molar-refractivity contribution in [1.82, 2.24) is 0 Å². The van der Waals surface area contributed by atoms with Gasteiger partial charge in [-0.3, -0.25) is 0 Å². The monoisotopic (exact) mass is 285 g/mol. The molecule has 21 heavy (non-hydrogen) atoms. The van der Waals surface area contributed by atoms with Crippen molar-refractivity contribution < 1.29 is 9.94 Å². The van der Waals surface area contributed by atoms with Crippen molar-refractivity contribution >= 4 is 11.5 Å². The summed E-state index contributed by atoms with van der Waals surface area (Å²) in [6.07, 6.45) is 0. The Morgan fingerprint density at radius 1 is 1.24 bits per heavy atom. The lowest BCUT2D eigenvalue weighted by Gasteiger charge is -2.09. The van der Waals surface area contributed by atoms with Crippen molar-refractivity contribution in [3.8, 4) is 5.75 Å². The van der Waals surface area contributed by atoms with E-state index in [1.54, 1.807) is 0 Å². The molecule has 0 aliphatic rings. The number of rotatable bonds is 6. The molecule has 5 heteroatoms. The highest BCUT2D eigenvalue weighted by Crippen LogP contribution is 2.18. The smallest absolute Gasteiger partial charge is 0.170 e. The first-order chi connectivity index (χ1) is 10.2. The highest BCUT2D eigenvalue weighted by atomic mass is 16.5. The average molecular weight is 285 g/mol. The van der Waals surface area contributed by atoms with E-state index in [4.69, 9.17) is 15.7 Å². The van der Waals surface area contributed by atoms with E-state index in [2.05, 4.69) is 10.5 Å². The summed E-state index contributed by atoms with van der Waals surface area (Å²) in [6.45, 7) is 3.30. The lowest BCUT2D eigenvalue weighted by atomic mass is 10.1. The van der Waals surface area contributed by atoms with Crippen LogP contribution in [0.5, 0.6) is 5.75 Å². The predicted molar refractivity (Wildman–Crippen MR) is 83.9 cm³/mol. The van der Waals surface area contributed by atoms with Crippen molar-refractivity contribution in [2.24, 2.45) is 10.9 Å². The summed E-state index contributed by atoms with van der Waals surface area (Å²) in [5.74, 6) is 0.962. The first-order valence-electron chi connectivity index (χ1n) is 6.76. The summed E-state index contributed by atoms with van der Waals surface area (Å²) in [7, 11) is 0. The molecule has 0 radical (unpaired) electrons. The van der Waals surface area contributed by atoms with Crippen LogP contribution in [0.15, 0.2) is 53.7 Å². The van der Waals surface area contributed by atoms with Crippen molar-refractivity contribution in [1.29, 1.82) is 0 Å². The maximum atomic E-state index is 8.62. The van der Waals surface area contributed by atoms with Gasteiger partial charge in [0.05, 0.1) is 6.61 Å². The molecule has 0 bridgehead atoms. The lowest BCUT2D eigenvalue weighted by molar-refractivity contribution is 0.318. The van der Waals surface area contributed by atoms with Gasteiger partial charge in [0.15, 0.2) is 5.84 Å². The molecule has 2 aromatic rings. The van der Waals surface area contributed by atoms with Gasteiger partial charge in [0.25, 0.3) is 0 Å². The Morgan fingerprint density at radius 2 is 2.00 bits per heavy atom. The third kappa shape index (κ3) is 4.14. The molecule has 0 aromatic heterocycles. The van der Waals surface area contributed by atoms with Crippen LogP contribution in [0.2, 0.25) is 0 Å². The highest BCUT2D eigenvalue weighted by Gasteiger charge is 2.00. The van der Waals surface area contributed by atoms with Crippen LogP contribution in [-0.2, 0) is 6.54 Å². The second-order valence-electron chi connectivity index (χ2n) is 4.50. The molecule has 0 atom stereocenters. The van der Waals surface area contributed by atoms with Gasteiger partial charge in [-0.25, -0.2) is 0 Å². The molecule has 4 N–H and O–H groups in total. The molecule has 0 spiro atoms. The fourth-order valence-corrected chi connectivity index (χ4v) is 1.92. The van der Waals surface area contributed by atoms with E-state index in [1.807, 2.05) is 55.5 Å². The van der Waals surface area contributed by atoms with Gasteiger partial charge in [-0.2, -0.15) is 0 Å². The Bertz CT molecular complexity index is 609. The average Bonchev–Trinajstić information content (AvgIpc) is 2.53. The standard InChI is InChI=1S/C16H19N3O2/c1-2-21-15-5-3-4-14(10-15)18-11-12-6-8-13(9-7-12)16(17)19-20/h3-10,18,20H,2,11H2,1H3,(H2,17,19). The quantitative estimate of drug-likeness (QED) is 0.330. The summed E-state index contributed by atoms with van der Waals surface area (Å²) >= 11 is 0. The number of hydrogen-bond acceptors (Lipinski definition) is 4. The number of ether oxygens (including phenoxy) is 1. The number of hydrogen-bond donors (Lipinski definition) is 3. The van der Waals surface area contributed by atoms with Crippen LogP contribution in [0.3, 0.4) is 0 Å². The Kier molecular flexibility index (Phi) is 5.04. The molecule has 0 fully saturated rings. The predicted octanol–water partition coefficient (Wildman–Crippen LogP) is 2.79. The summed E-state index contributed by atoms with van der Waals surface area (Å²) < 4.78 is 5.46. The van der Waals surface area contributed by atoms with Gasteiger partial charge in [0.1, 0.15) is 5.75 Å². The largest absolute Gasteiger partial charge is 0.494 e. The van der Waals surface area contributed by atoms with Gasteiger partial charge in [-0.05, 0) is 24.6 Å². The van der Waals surface area contributed by atoms with Crippen LogP contribution in [0, 0.1) is 0 Å². The van der Waals surface area contributed by atoms with Gasteiger partial charge in [0, 0.05) is 23.9 Å². The Balaban J connectivity index is 1.98. The summed E-state index contributed by atoms with van der Waals surface area (Å²) in [5.41, 5.74) is 8.32.